The smallest absolute Gasteiger partial charge is 0.303 e. The van der Waals surface area contributed by atoms with Crippen molar-refractivity contribution in [1.29, 1.82) is 0 Å². The fraction of sp³-hybridized carbons (Fsp3) is 0.842. The lowest BCUT2D eigenvalue weighted by Crippen LogP contribution is -2.24. The minimum Gasteiger partial charge on any atom is -0.512 e. The van der Waals surface area contributed by atoms with Gasteiger partial charge in [-0.2, -0.15) is 0 Å². The fourth-order valence-corrected chi connectivity index (χ4v) is 3.88. The van der Waals surface area contributed by atoms with Gasteiger partial charge >= 0.3 is 5.97 Å². The van der Waals surface area contributed by atoms with Gasteiger partial charge in [0.15, 0.2) is 0 Å². The average Bonchev–Trinajstić information content (AvgIpc) is 2.83. The van der Waals surface area contributed by atoms with Crippen LogP contribution >= 0.6 is 11.6 Å². The number of rotatable bonds is 13. The van der Waals surface area contributed by atoms with E-state index in [1.807, 2.05) is 0 Å². The van der Waals surface area contributed by atoms with Crippen LogP contribution in [0, 0.1) is 11.8 Å². The van der Waals surface area contributed by atoms with Gasteiger partial charge in [0, 0.05) is 24.6 Å². The Morgan fingerprint density at radius 3 is 2.32 bits per heavy atom. The minimum atomic E-state index is -0.768. The van der Waals surface area contributed by atoms with Crippen LogP contribution < -0.4 is 0 Å². The number of aliphatic carboxylic acids is 1. The molecule has 4 N–H and O–H groups in total. The summed E-state index contributed by atoms with van der Waals surface area (Å²) in [6, 6.07) is 0. The van der Waals surface area contributed by atoms with Crippen LogP contribution in [-0.2, 0) is 4.79 Å². The van der Waals surface area contributed by atoms with E-state index in [9.17, 15) is 20.1 Å². The van der Waals surface area contributed by atoms with E-state index in [0.29, 0.717) is 18.7 Å². The zero-order valence-corrected chi connectivity index (χ0v) is 15.7. The first-order valence-corrected chi connectivity index (χ1v) is 10.0. The van der Waals surface area contributed by atoms with Crippen molar-refractivity contribution in [1.82, 2.24) is 0 Å². The number of aliphatic hydroxyl groups is 3. The van der Waals surface area contributed by atoms with Gasteiger partial charge in [0.2, 0.25) is 0 Å². The molecular formula is C19H33ClO5. The number of halogens is 1. The van der Waals surface area contributed by atoms with Gasteiger partial charge in [-0.05, 0) is 44.1 Å². The normalized spacial score (nSPS) is 26.9. The molecule has 25 heavy (non-hydrogen) atoms. The highest BCUT2D eigenvalue weighted by Crippen LogP contribution is 2.39. The summed E-state index contributed by atoms with van der Waals surface area (Å²) in [6.45, 7) is 0. The lowest BCUT2D eigenvalue weighted by Gasteiger charge is -2.23. The molecule has 0 heterocycles. The van der Waals surface area contributed by atoms with Crippen LogP contribution in [0.15, 0.2) is 11.8 Å². The number of carboxylic acid groups (broad SMARTS) is 1. The van der Waals surface area contributed by atoms with Gasteiger partial charge in [-0.25, -0.2) is 0 Å². The standard InChI is InChI=1S/C19H33ClO5/c20-12-8-4-3-6-10-15(21)19-14(16(22)13-17(19)23)9-5-1-2-7-11-18(24)25/h10,14,16-17,19,21-23H,1-9,11-13H2,(H,24,25)/t14-,16+,17+,19-/m0/s1. The molecule has 4 atom stereocenters. The van der Waals surface area contributed by atoms with Gasteiger partial charge in [-0.3, -0.25) is 4.79 Å². The summed E-state index contributed by atoms with van der Waals surface area (Å²) in [4.78, 5) is 10.5. The van der Waals surface area contributed by atoms with E-state index in [4.69, 9.17) is 16.7 Å². The number of hydrogen-bond donors (Lipinski definition) is 4. The van der Waals surface area contributed by atoms with E-state index >= 15 is 0 Å². The van der Waals surface area contributed by atoms with Crippen molar-refractivity contribution in [2.24, 2.45) is 11.8 Å². The number of hydrogen-bond acceptors (Lipinski definition) is 4. The van der Waals surface area contributed by atoms with Crippen LogP contribution in [0.5, 0.6) is 0 Å². The molecule has 0 unspecified atom stereocenters. The summed E-state index contributed by atoms with van der Waals surface area (Å²) in [5.74, 6) is -0.436. The largest absolute Gasteiger partial charge is 0.512 e. The molecule has 1 aliphatic carbocycles. The average molecular weight is 377 g/mol. The number of alkyl halides is 1. The number of unbranched alkanes of at least 4 members (excludes halogenated alkanes) is 6. The third-order valence-electron chi connectivity index (χ3n) is 5.06. The van der Waals surface area contributed by atoms with Crippen LogP contribution in [0.3, 0.4) is 0 Å². The Morgan fingerprint density at radius 1 is 0.960 bits per heavy atom. The quantitative estimate of drug-likeness (QED) is 0.221. The van der Waals surface area contributed by atoms with Gasteiger partial charge in [0.05, 0.1) is 18.0 Å². The molecule has 1 fully saturated rings. The highest BCUT2D eigenvalue weighted by Gasteiger charge is 2.43. The molecule has 6 heteroatoms. The predicted molar refractivity (Wildman–Crippen MR) is 98.8 cm³/mol. The Kier molecular flexibility index (Phi) is 11.2. The van der Waals surface area contributed by atoms with E-state index in [1.54, 1.807) is 6.08 Å². The second-order valence-corrected chi connectivity index (χ2v) is 7.45. The Labute approximate surface area is 155 Å². The lowest BCUT2D eigenvalue weighted by molar-refractivity contribution is -0.137. The van der Waals surface area contributed by atoms with Crippen LogP contribution in [0.4, 0.5) is 0 Å². The number of aliphatic hydroxyl groups excluding tert-OH is 3. The predicted octanol–water partition coefficient (Wildman–Crippen LogP) is 4.01. The summed E-state index contributed by atoms with van der Waals surface area (Å²) < 4.78 is 0. The van der Waals surface area contributed by atoms with Gasteiger partial charge in [0.1, 0.15) is 0 Å². The lowest BCUT2D eigenvalue weighted by atomic mass is 9.86. The first-order valence-electron chi connectivity index (χ1n) is 9.50. The van der Waals surface area contributed by atoms with Crippen molar-refractivity contribution in [2.75, 3.05) is 5.88 Å². The molecule has 146 valence electrons. The van der Waals surface area contributed by atoms with Gasteiger partial charge in [-0.1, -0.05) is 25.7 Å². The maximum absolute atomic E-state index is 10.5. The number of carboxylic acids is 1. The first kappa shape index (κ1) is 22.3. The molecular weight excluding hydrogens is 344 g/mol. The summed E-state index contributed by atoms with van der Waals surface area (Å²) >= 11 is 5.64. The summed E-state index contributed by atoms with van der Waals surface area (Å²) in [5, 5.41) is 39.4. The Balaban J connectivity index is 2.41. The van der Waals surface area contributed by atoms with E-state index < -0.39 is 18.2 Å². The monoisotopic (exact) mass is 376 g/mol. The first-order chi connectivity index (χ1) is 12.0. The van der Waals surface area contributed by atoms with Crippen LogP contribution in [0.25, 0.3) is 0 Å². The van der Waals surface area contributed by atoms with Crippen LogP contribution in [-0.4, -0.2) is 44.5 Å². The van der Waals surface area contributed by atoms with Crippen molar-refractivity contribution in [3.8, 4) is 0 Å². The molecule has 0 aliphatic heterocycles. The van der Waals surface area contributed by atoms with Crippen LogP contribution in [0.1, 0.15) is 70.6 Å². The molecule has 0 bridgehead atoms. The summed E-state index contributed by atoms with van der Waals surface area (Å²) in [7, 11) is 0. The molecule has 0 aromatic heterocycles. The summed E-state index contributed by atoms with van der Waals surface area (Å²) in [6.07, 6.45) is 8.70. The summed E-state index contributed by atoms with van der Waals surface area (Å²) in [5.41, 5.74) is 0. The number of carbonyl (C=O) groups is 1. The second-order valence-electron chi connectivity index (χ2n) is 7.07. The van der Waals surface area contributed by atoms with Gasteiger partial charge in [-0.15, -0.1) is 11.6 Å². The Bertz CT molecular complexity index is 413. The van der Waals surface area contributed by atoms with Crippen molar-refractivity contribution in [3.05, 3.63) is 11.8 Å². The SMILES string of the molecule is O=C(O)CCCCCC[C@@H]1[C@@H](C(O)=CCCCCCCl)[C@H](O)C[C@H]1O. The van der Waals surface area contributed by atoms with E-state index in [0.717, 1.165) is 51.4 Å². The molecule has 0 radical (unpaired) electrons. The van der Waals surface area contributed by atoms with Gasteiger partial charge in [0.25, 0.3) is 0 Å². The molecule has 0 aromatic carbocycles. The Morgan fingerprint density at radius 2 is 1.64 bits per heavy atom. The number of allylic oxidation sites excluding steroid dienone is 1. The molecule has 1 saturated carbocycles. The van der Waals surface area contributed by atoms with Crippen molar-refractivity contribution in [2.45, 2.75) is 82.8 Å². The highest BCUT2D eigenvalue weighted by atomic mass is 35.5. The van der Waals surface area contributed by atoms with Crippen molar-refractivity contribution < 1.29 is 25.2 Å². The molecule has 0 aromatic rings. The second kappa shape index (κ2) is 12.6. The molecule has 1 aliphatic rings. The third kappa shape index (κ3) is 8.43. The molecule has 1 rings (SSSR count). The third-order valence-corrected chi connectivity index (χ3v) is 5.33. The minimum absolute atomic E-state index is 0.131. The van der Waals surface area contributed by atoms with E-state index in [1.165, 1.54) is 0 Å². The van der Waals surface area contributed by atoms with Crippen molar-refractivity contribution >= 4 is 17.6 Å². The molecule has 0 saturated heterocycles. The molecule has 0 amide bonds. The van der Waals surface area contributed by atoms with E-state index in [2.05, 4.69) is 0 Å². The maximum Gasteiger partial charge on any atom is 0.303 e. The maximum atomic E-state index is 10.5. The fourth-order valence-electron chi connectivity index (χ4n) is 3.69. The topological polar surface area (TPSA) is 98.0 Å². The zero-order valence-electron chi connectivity index (χ0n) is 14.9. The van der Waals surface area contributed by atoms with E-state index in [-0.39, 0.29) is 24.0 Å². The van der Waals surface area contributed by atoms with Gasteiger partial charge < -0.3 is 20.4 Å². The van der Waals surface area contributed by atoms with Crippen molar-refractivity contribution in [3.63, 3.8) is 0 Å². The highest BCUT2D eigenvalue weighted by molar-refractivity contribution is 6.17. The van der Waals surface area contributed by atoms with Crippen LogP contribution in [0.2, 0.25) is 0 Å². The molecule has 0 spiro atoms. The Hall–Kier alpha value is -0.780. The zero-order chi connectivity index (χ0) is 18.7. The molecule has 5 nitrogen and oxygen atoms in total.